The predicted octanol–water partition coefficient (Wildman–Crippen LogP) is 4.14. The van der Waals surface area contributed by atoms with E-state index < -0.39 is 0 Å². The molecule has 1 N–H and O–H groups in total. The van der Waals surface area contributed by atoms with Crippen LogP contribution in [-0.4, -0.2) is 43.2 Å². The number of carbonyl (C=O) groups excluding carboxylic acids is 1. The van der Waals surface area contributed by atoms with Crippen LogP contribution in [0.4, 0.5) is 0 Å². The van der Waals surface area contributed by atoms with Gasteiger partial charge < -0.3 is 10.1 Å². The molecule has 1 aliphatic rings. The van der Waals surface area contributed by atoms with Gasteiger partial charge in [-0.1, -0.05) is 29.3 Å². The number of nitrogens with one attached hydrogen (secondary N) is 1. The average Bonchev–Trinajstić information content (AvgIpc) is 2.58. The molecule has 0 aliphatic carbocycles. The number of benzene rings is 1. The molecule has 1 amide bonds. The molecule has 0 unspecified atom stereocenters. The number of carbonyl (C=O) groups is 1. The van der Waals surface area contributed by atoms with E-state index >= 15 is 0 Å². The maximum absolute atomic E-state index is 12.2. The van der Waals surface area contributed by atoms with Gasteiger partial charge in [-0.15, -0.1) is 0 Å². The van der Waals surface area contributed by atoms with Crippen molar-refractivity contribution in [2.45, 2.75) is 45.8 Å². The molecule has 1 heterocycles. The molecule has 0 bridgehead atoms. The van der Waals surface area contributed by atoms with Gasteiger partial charge in [0.1, 0.15) is 0 Å². The summed E-state index contributed by atoms with van der Waals surface area (Å²) in [6.45, 7) is 8.12. The van der Waals surface area contributed by atoms with Crippen LogP contribution in [-0.2, 0) is 16.1 Å². The molecule has 1 aliphatic heterocycles. The summed E-state index contributed by atoms with van der Waals surface area (Å²) >= 11 is 12.0. The van der Waals surface area contributed by atoms with Gasteiger partial charge in [0.2, 0.25) is 5.91 Å². The van der Waals surface area contributed by atoms with Crippen LogP contribution in [0.25, 0.3) is 0 Å². The van der Waals surface area contributed by atoms with Crippen molar-refractivity contribution in [3.8, 4) is 0 Å². The molecule has 25 heavy (non-hydrogen) atoms. The molecule has 1 aromatic rings. The first kappa shape index (κ1) is 20.5. The van der Waals surface area contributed by atoms with Gasteiger partial charge >= 0.3 is 0 Å². The third-order valence-electron chi connectivity index (χ3n) is 4.42. The first-order valence-electron chi connectivity index (χ1n) is 9.01. The van der Waals surface area contributed by atoms with E-state index in [4.69, 9.17) is 27.9 Å². The minimum absolute atomic E-state index is 0.121. The molecule has 0 radical (unpaired) electrons. The Morgan fingerprint density at radius 2 is 2.00 bits per heavy atom. The summed E-state index contributed by atoms with van der Waals surface area (Å²) in [4.78, 5) is 14.6. The van der Waals surface area contributed by atoms with Crippen LogP contribution >= 0.6 is 23.2 Å². The Morgan fingerprint density at radius 3 is 2.64 bits per heavy atom. The fraction of sp³-hybridized carbons (Fsp3) is 0.632. The molecule has 0 spiro atoms. The Kier molecular flexibility index (Phi) is 8.50. The van der Waals surface area contributed by atoms with Crippen LogP contribution in [0.15, 0.2) is 18.2 Å². The van der Waals surface area contributed by atoms with E-state index in [2.05, 4.69) is 10.2 Å². The summed E-state index contributed by atoms with van der Waals surface area (Å²) < 4.78 is 5.48. The second kappa shape index (κ2) is 10.4. The van der Waals surface area contributed by atoms with E-state index in [0.29, 0.717) is 23.2 Å². The number of amides is 1. The summed E-state index contributed by atoms with van der Waals surface area (Å²) in [7, 11) is 0. The molecular weight excluding hydrogens is 359 g/mol. The van der Waals surface area contributed by atoms with Crippen molar-refractivity contribution < 1.29 is 9.53 Å². The third kappa shape index (κ3) is 7.14. The standard InChI is InChI=1S/C19H28Cl2N2O2/c1-14(2)25-11-3-8-22-19(24)16-6-9-23(10-7-16)13-15-4-5-17(20)18(21)12-15/h4-5,12,14,16H,3,6-11,13H2,1-2H3,(H,22,24). The Bertz CT molecular complexity index is 558. The van der Waals surface area contributed by atoms with E-state index in [1.54, 1.807) is 0 Å². The van der Waals surface area contributed by atoms with Gasteiger partial charge in [0, 0.05) is 25.6 Å². The van der Waals surface area contributed by atoms with Gasteiger partial charge in [0.25, 0.3) is 0 Å². The minimum atomic E-state index is 0.121. The van der Waals surface area contributed by atoms with Crippen LogP contribution in [0, 0.1) is 5.92 Å². The number of hydrogen-bond donors (Lipinski definition) is 1. The van der Waals surface area contributed by atoms with E-state index in [-0.39, 0.29) is 17.9 Å². The molecule has 1 saturated heterocycles. The van der Waals surface area contributed by atoms with Gasteiger partial charge in [0.15, 0.2) is 0 Å². The topological polar surface area (TPSA) is 41.6 Å². The van der Waals surface area contributed by atoms with E-state index in [1.807, 2.05) is 32.0 Å². The highest BCUT2D eigenvalue weighted by molar-refractivity contribution is 6.42. The van der Waals surface area contributed by atoms with E-state index in [1.165, 1.54) is 0 Å². The van der Waals surface area contributed by atoms with E-state index in [0.717, 1.165) is 44.5 Å². The molecule has 0 saturated carbocycles. The second-order valence-electron chi connectivity index (χ2n) is 6.86. The van der Waals surface area contributed by atoms with Gasteiger partial charge in [-0.3, -0.25) is 9.69 Å². The fourth-order valence-electron chi connectivity index (χ4n) is 3.00. The summed E-state index contributed by atoms with van der Waals surface area (Å²) in [5, 5.41) is 4.21. The number of nitrogens with zero attached hydrogens (tertiary/aromatic N) is 1. The lowest BCUT2D eigenvalue weighted by Gasteiger charge is -2.31. The highest BCUT2D eigenvalue weighted by atomic mass is 35.5. The number of rotatable bonds is 8. The summed E-state index contributed by atoms with van der Waals surface area (Å²) in [5.74, 6) is 0.301. The van der Waals surface area contributed by atoms with Crippen molar-refractivity contribution in [3.05, 3.63) is 33.8 Å². The summed E-state index contributed by atoms with van der Waals surface area (Å²) in [6, 6.07) is 5.76. The van der Waals surface area contributed by atoms with Crippen molar-refractivity contribution in [1.29, 1.82) is 0 Å². The lowest BCUT2D eigenvalue weighted by atomic mass is 9.95. The van der Waals surface area contributed by atoms with Gasteiger partial charge in [-0.2, -0.15) is 0 Å². The Morgan fingerprint density at radius 1 is 1.28 bits per heavy atom. The lowest BCUT2D eigenvalue weighted by Crippen LogP contribution is -2.40. The summed E-state index contributed by atoms with van der Waals surface area (Å²) in [6.07, 6.45) is 2.90. The number of piperidine rings is 1. The molecule has 0 aromatic heterocycles. The SMILES string of the molecule is CC(C)OCCCNC(=O)C1CCN(Cc2ccc(Cl)c(Cl)c2)CC1. The molecule has 1 aromatic carbocycles. The molecule has 6 heteroatoms. The predicted molar refractivity (Wildman–Crippen MR) is 103 cm³/mol. The number of halogens is 2. The van der Waals surface area contributed by atoms with Crippen molar-refractivity contribution in [2.75, 3.05) is 26.2 Å². The molecule has 1 fully saturated rings. The quantitative estimate of drug-likeness (QED) is 0.682. The molecule has 140 valence electrons. The van der Waals surface area contributed by atoms with Gasteiger partial charge in [-0.05, 0) is 63.9 Å². The van der Waals surface area contributed by atoms with Crippen LogP contribution < -0.4 is 5.32 Å². The van der Waals surface area contributed by atoms with Crippen LogP contribution in [0.2, 0.25) is 10.0 Å². The highest BCUT2D eigenvalue weighted by Gasteiger charge is 2.24. The van der Waals surface area contributed by atoms with Crippen molar-refractivity contribution in [3.63, 3.8) is 0 Å². The number of hydrogen-bond acceptors (Lipinski definition) is 3. The average molecular weight is 387 g/mol. The normalized spacial score (nSPS) is 16.4. The van der Waals surface area contributed by atoms with Crippen molar-refractivity contribution >= 4 is 29.1 Å². The first-order valence-corrected chi connectivity index (χ1v) is 9.77. The Balaban J connectivity index is 1.66. The molecular formula is C19H28Cl2N2O2. The van der Waals surface area contributed by atoms with Crippen LogP contribution in [0.5, 0.6) is 0 Å². The first-order chi connectivity index (χ1) is 12.0. The second-order valence-corrected chi connectivity index (χ2v) is 7.68. The fourth-order valence-corrected chi connectivity index (χ4v) is 3.32. The van der Waals surface area contributed by atoms with Crippen molar-refractivity contribution in [1.82, 2.24) is 10.2 Å². The van der Waals surface area contributed by atoms with Crippen LogP contribution in [0.3, 0.4) is 0 Å². The van der Waals surface area contributed by atoms with Crippen LogP contribution in [0.1, 0.15) is 38.7 Å². The lowest BCUT2D eigenvalue weighted by molar-refractivity contribution is -0.126. The van der Waals surface area contributed by atoms with Gasteiger partial charge in [-0.25, -0.2) is 0 Å². The Hall–Kier alpha value is -0.810. The number of ether oxygens (including phenoxy) is 1. The van der Waals surface area contributed by atoms with Crippen molar-refractivity contribution in [2.24, 2.45) is 5.92 Å². The maximum Gasteiger partial charge on any atom is 0.223 e. The number of likely N-dealkylation sites (tertiary alicyclic amines) is 1. The monoisotopic (exact) mass is 386 g/mol. The minimum Gasteiger partial charge on any atom is -0.379 e. The summed E-state index contributed by atoms with van der Waals surface area (Å²) in [5.41, 5.74) is 1.16. The van der Waals surface area contributed by atoms with E-state index in [9.17, 15) is 4.79 Å². The Labute approximate surface area is 160 Å². The molecule has 4 nitrogen and oxygen atoms in total. The molecule has 0 atom stereocenters. The van der Waals surface area contributed by atoms with Gasteiger partial charge in [0.05, 0.1) is 16.1 Å². The smallest absolute Gasteiger partial charge is 0.223 e. The third-order valence-corrected chi connectivity index (χ3v) is 5.16. The molecule has 2 rings (SSSR count). The zero-order valence-electron chi connectivity index (χ0n) is 15.1. The highest BCUT2D eigenvalue weighted by Crippen LogP contribution is 2.25. The zero-order chi connectivity index (χ0) is 18.2. The largest absolute Gasteiger partial charge is 0.379 e. The zero-order valence-corrected chi connectivity index (χ0v) is 16.6. The maximum atomic E-state index is 12.2.